The predicted molar refractivity (Wildman–Crippen MR) is 78.5 cm³/mol. The van der Waals surface area contributed by atoms with E-state index in [2.05, 4.69) is 11.9 Å². The van der Waals surface area contributed by atoms with Crippen molar-refractivity contribution in [2.75, 3.05) is 6.54 Å². The molecule has 1 aliphatic heterocycles. The Balaban J connectivity index is 2.20. The van der Waals surface area contributed by atoms with Gasteiger partial charge < -0.3 is 4.42 Å². The zero-order chi connectivity index (χ0) is 14.5. The van der Waals surface area contributed by atoms with Crippen LogP contribution in [0.25, 0.3) is 6.08 Å². The number of carbonyl (C=O) groups is 2. The second-order valence-corrected chi connectivity index (χ2v) is 4.31. The fourth-order valence-electron chi connectivity index (χ4n) is 1.63. The SMILES string of the molecule is C=CCN1C(=O)/C(=C/C=C/c2ccco2)C(=O)NC1=S. The number of carbonyl (C=O) groups excluding carboxylic acids is 2. The van der Waals surface area contributed by atoms with E-state index < -0.39 is 11.8 Å². The van der Waals surface area contributed by atoms with E-state index in [0.29, 0.717) is 5.76 Å². The smallest absolute Gasteiger partial charge is 0.265 e. The molecule has 102 valence electrons. The lowest BCUT2D eigenvalue weighted by molar-refractivity contribution is -0.128. The molecule has 0 bridgehead atoms. The molecule has 0 unspecified atom stereocenters. The van der Waals surface area contributed by atoms with Crippen molar-refractivity contribution >= 4 is 35.2 Å². The van der Waals surface area contributed by atoms with Crippen LogP contribution in [0.3, 0.4) is 0 Å². The van der Waals surface area contributed by atoms with Gasteiger partial charge in [-0.1, -0.05) is 12.2 Å². The summed E-state index contributed by atoms with van der Waals surface area (Å²) in [6.45, 7) is 3.80. The Bertz CT molecular complexity index is 614. The average Bonchev–Trinajstić information content (AvgIpc) is 2.91. The molecule has 1 saturated heterocycles. The van der Waals surface area contributed by atoms with Crippen molar-refractivity contribution in [3.05, 3.63) is 54.5 Å². The minimum Gasteiger partial charge on any atom is -0.465 e. The molecular weight excluding hydrogens is 276 g/mol. The van der Waals surface area contributed by atoms with Gasteiger partial charge in [-0.05, 0) is 36.5 Å². The third-order valence-electron chi connectivity index (χ3n) is 2.56. The van der Waals surface area contributed by atoms with Gasteiger partial charge >= 0.3 is 0 Å². The van der Waals surface area contributed by atoms with Crippen LogP contribution < -0.4 is 5.32 Å². The van der Waals surface area contributed by atoms with Crippen molar-refractivity contribution < 1.29 is 14.0 Å². The number of allylic oxidation sites excluding steroid dienone is 2. The summed E-state index contributed by atoms with van der Waals surface area (Å²) in [7, 11) is 0. The number of hydrogen-bond acceptors (Lipinski definition) is 4. The summed E-state index contributed by atoms with van der Waals surface area (Å²) in [6.07, 6.45) is 7.73. The third kappa shape index (κ3) is 2.92. The second kappa shape index (κ2) is 6.12. The van der Waals surface area contributed by atoms with Gasteiger partial charge in [-0.2, -0.15) is 0 Å². The zero-order valence-electron chi connectivity index (χ0n) is 10.5. The molecule has 2 amide bonds. The number of nitrogens with one attached hydrogen (secondary N) is 1. The van der Waals surface area contributed by atoms with Gasteiger partial charge in [0.2, 0.25) is 0 Å². The van der Waals surface area contributed by atoms with Crippen LogP contribution in [-0.4, -0.2) is 28.4 Å². The minimum absolute atomic E-state index is 0.0169. The molecule has 0 saturated carbocycles. The highest BCUT2D eigenvalue weighted by Crippen LogP contribution is 2.11. The maximum Gasteiger partial charge on any atom is 0.265 e. The fraction of sp³-hybridized carbons (Fsp3) is 0.0714. The Kier molecular flexibility index (Phi) is 4.27. The normalized spacial score (nSPS) is 17.9. The molecule has 1 aromatic heterocycles. The molecule has 0 aliphatic carbocycles. The zero-order valence-corrected chi connectivity index (χ0v) is 11.4. The maximum atomic E-state index is 12.1. The van der Waals surface area contributed by atoms with Gasteiger partial charge in [0, 0.05) is 6.54 Å². The Morgan fingerprint density at radius 3 is 2.90 bits per heavy atom. The first-order valence-corrected chi connectivity index (χ1v) is 6.24. The topological polar surface area (TPSA) is 62.6 Å². The number of hydrogen-bond donors (Lipinski definition) is 1. The number of amides is 2. The summed E-state index contributed by atoms with van der Waals surface area (Å²) in [5.41, 5.74) is 0.0169. The van der Waals surface area contributed by atoms with Crippen molar-refractivity contribution in [1.82, 2.24) is 10.2 Å². The Morgan fingerprint density at radius 1 is 1.45 bits per heavy atom. The highest BCUT2D eigenvalue weighted by molar-refractivity contribution is 7.80. The summed E-state index contributed by atoms with van der Waals surface area (Å²) < 4.78 is 5.11. The van der Waals surface area contributed by atoms with Crippen LogP contribution in [0.2, 0.25) is 0 Å². The van der Waals surface area contributed by atoms with E-state index in [1.165, 1.54) is 23.3 Å². The summed E-state index contributed by atoms with van der Waals surface area (Å²) in [6, 6.07) is 3.51. The van der Waals surface area contributed by atoms with Gasteiger partial charge in [0.25, 0.3) is 11.8 Å². The molecule has 1 N–H and O–H groups in total. The Morgan fingerprint density at radius 2 is 2.25 bits per heavy atom. The van der Waals surface area contributed by atoms with Crippen molar-refractivity contribution in [1.29, 1.82) is 0 Å². The minimum atomic E-state index is -0.510. The van der Waals surface area contributed by atoms with Crippen LogP contribution in [-0.2, 0) is 9.59 Å². The summed E-state index contributed by atoms with van der Waals surface area (Å²) >= 11 is 4.94. The van der Waals surface area contributed by atoms with E-state index in [9.17, 15) is 9.59 Å². The van der Waals surface area contributed by atoms with Crippen LogP contribution >= 0.6 is 12.2 Å². The first kappa shape index (κ1) is 14.0. The Labute approximate surface area is 121 Å². The van der Waals surface area contributed by atoms with Gasteiger partial charge in [0.1, 0.15) is 11.3 Å². The molecule has 20 heavy (non-hydrogen) atoms. The molecule has 0 aromatic carbocycles. The van der Waals surface area contributed by atoms with E-state index in [0.717, 1.165) is 0 Å². The standard InChI is InChI=1S/C14H12N2O3S/c1-2-8-16-13(18)11(12(17)15-14(16)20)7-3-5-10-6-4-9-19-10/h2-7,9H,1,8H2,(H,15,17,20)/b5-3+,11-7+. The monoisotopic (exact) mass is 288 g/mol. The second-order valence-electron chi connectivity index (χ2n) is 3.92. The van der Waals surface area contributed by atoms with E-state index >= 15 is 0 Å². The molecule has 0 spiro atoms. The van der Waals surface area contributed by atoms with Gasteiger partial charge in [-0.15, -0.1) is 6.58 Å². The summed E-state index contributed by atoms with van der Waals surface area (Å²) in [5.74, 6) is -0.323. The molecule has 5 nitrogen and oxygen atoms in total. The van der Waals surface area contributed by atoms with Crippen molar-refractivity contribution in [3.8, 4) is 0 Å². The van der Waals surface area contributed by atoms with E-state index in [1.807, 2.05) is 0 Å². The van der Waals surface area contributed by atoms with Crippen molar-refractivity contribution in [2.45, 2.75) is 0 Å². The quantitative estimate of drug-likeness (QED) is 0.396. The summed E-state index contributed by atoms with van der Waals surface area (Å²) in [5, 5.41) is 2.55. The molecule has 6 heteroatoms. The van der Waals surface area contributed by atoms with Gasteiger partial charge in [-0.3, -0.25) is 19.8 Å². The Hall–Kier alpha value is -2.47. The lowest BCUT2D eigenvalue weighted by atomic mass is 10.1. The number of furan rings is 1. The molecule has 1 aromatic rings. The maximum absolute atomic E-state index is 12.1. The molecule has 0 radical (unpaired) electrons. The average molecular weight is 288 g/mol. The molecule has 2 heterocycles. The molecule has 1 aliphatic rings. The first-order valence-electron chi connectivity index (χ1n) is 5.83. The van der Waals surface area contributed by atoms with Crippen LogP contribution in [0, 0.1) is 0 Å². The highest BCUT2D eigenvalue weighted by Gasteiger charge is 2.31. The van der Waals surface area contributed by atoms with Crippen molar-refractivity contribution in [2.24, 2.45) is 0 Å². The van der Waals surface area contributed by atoms with Crippen molar-refractivity contribution in [3.63, 3.8) is 0 Å². The van der Waals surface area contributed by atoms with Crippen LogP contribution in [0.4, 0.5) is 0 Å². The number of rotatable bonds is 4. The van der Waals surface area contributed by atoms with Gasteiger partial charge in [0.05, 0.1) is 6.26 Å². The van der Waals surface area contributed by atoms with Gasteiger partial charge in [0.15, 0.2) is 5.11 Å². The fourth-order valence-corrected chi connectivity index (χ4v) is 1.88. The molecular formula is C14H12N2O3S. The molecule has 2 rings (SSSR count). The largest absolute Gasteiger partial charge is 0.465 e. The molecule has 1 fully saturated rings. The third-order valence-corrected chi connectivity index (χ3v) is 2.89. The predicted octanol–water partition coefficient (Wildman–Crippen LogP) is 1.65. The summed E-state index contributed by atoms with van der Waals surface area (Å²) in [4.78, 5) is 25.2. The van der Waals surface area contributed by atoms with E-state index in [-0.39, 0.29) is 17.2 Å². The van der Waals surface area contributed by atoms with Gasteiger partial charge in [-0.25, -0.2) is 0 Å². The number of nitrogens with zero attached hydrogens (tertiary/aromatic N) is 1. The highest BCUT2D eigenvalue weighted by atomic mass is 32.1. The van der Waals surface area contributed by atoms with Crippen LogP contribution in [0.5, 0.6) is 0 Å². The van der Waals surface area contributed by atoms with E-state index in [1.54, 1.807) is 24.3 Å². The lowest BCUT2D eigenvalue weighted by Crippen LogP contribution is -2.53. The van der Waals surface area contributed by atoms with E-state index in [4.69, 9.17) is 16.6 Å². The molecule has 0 atom stereocenters. The van der Waals surface area contributed by atoms with Crippen LogP contribution in [0.15, 0.2) is 53.2 Å². The lowest BCUT2D eigenvalue weighted by Gasteiger charge is -2.27. The van der Waals surface area contributed by atoms with Crippen LogP contribution in [0.1, 0.15) is 5.76 Å². The number of thiocarbonyl (C=S) groups is 1. The first-order chi connectivity index (χ1) is 9.63.